The second-order valence-electron chi connectivity index (χ2n) is 6.19. The molecule has 17 heavy (non-hydrogen) atoms. The van der Waals surface area contributed by atoms with Crippen LogP contribution in [0.2, 0.25) is 0 Å². The van der Waals surface area contributed by atoms with Crippen molar-refractivity contribution in [2.75, 3.05) is 0 Å². The van der Waals surface area contributed by atoms with Crippen LogP contribution in [-0.4, -0.2) is 20.3 Å². The third-order valence-corrected chi connectivity index (χ3v) is 4.16. The summed E-state index contributed by atoms with van der Waals surface area (Å²) >= 11 is 0. The van der Waals surface area contributed by atoms with Crippen molar-refractivity contribution in [1.29, 1.82) is 0 Å². The van der Waals surface area contributed by atoms with Crippen LogP contribution < -0.4 is 0 Å². The van der Waals surface area contributed by atoms with Gasteiger partial charge in [0.15, 0.2) is 0 Å². The summed E-state index contributed by atoms with van der Waals surface area (Å²) in [5.41, 5.74) is -0.139. The second kappa shape index (κ2) is 4.45. The summed E-state index contributed by atoms with van der Waals surface area (Å²) in [5, 5.41) is 10.6. The fourth-order valence-electron chi connectivity index (χ4n) is 2.66. The van der Waals surface area contributed by atoms with E-state index in [-0.39, 0.29) is 0 Å². The van der Waals surface area contributed by atoms with Gasteiger partial charge in [0.05, 0.1) is 5.60 Å². The van der Waals surface area contributed by atoms with Gasteiger partial charge in [-0.3, -0.25) is 0 Å². The van der Waals surface area contributed by atoms with Crippen LogP contribution in [0.15, 0.2) is 12.4 Å². The van der Waals surface area contributed by atoms with Gasteiger partial charge in [0, 0.05) is 25.4 Å². The van der Waals surface area contributed by atoms with E-state index in [1.165, 1.54) is 0 Å². The monoisotopic (exact) mass is 236 g/mol. The number of aliphatic hydroxyl groups is 1. The van der Waals surface area contributed by atoms with Gasteiger partial charge in [-0.2, -0.15) is 0 Å². The van der Waals surface area contributed by atoms with Gasteiger partial charge in [0.2, 0.25) is 0 Å². The van der Waals surface area contributed by atoms with Crippen molar-refractivity contribution < 1.29 is 5.11 Å². The van der Waals surface area contributed by atoms with Gasteiger partial charge in [-0.25, -0.2) is 4.98 Å². The average molecular weight is 236 g/mol. The van der Waals surface area contributed by atoms with Crippen LogP contribution >= 0.6 is 0 Å². The Morgan fingerprint density at radius 1 is 1.29 bits per heavy atom. The van der Waals surface area contributed by atoms with Crippen LogP contribution in [0.25, 0.3) is 0 Å². The Morgan fingerprint density at radius 2 is 1.94 bits per heavy atom. The molecule has 1 fully saturated rings. The van der Waals surface area contributed by atoms with Gasteiger partial charge in [-0.1, -0.05) is 13.8 Å². The zero-order valence-corrected chi connectivity index (χ0v) is 11.2. The minimum absolute atomic E-state index is 0.395. The average Bonchev–Trinajstić information content (AvgIpc) is 2.70. The first-order valence-corrected chi connectivity index (χ1v) is 6.67. The zero-order chi connectivity index (χ0) is 12.5. The molecule has 1 N–H and O–H groups in total. The first kappa shape index (κ1) is 12.6. The maximum absolute atomic E-state index is 10.6. The highest BCUT2D eigenvalue weighted by Crippen LogP contribution is 2.41. The summed E-state index contributed by atoms with van der Waals surface area (Å²) in [6.07, 6.45) is 8.53. The molecule has 0 radical (unpaired) electrons. The highest BCUT2D eigenvalue weighted by molar-refractivity contribution is 5.01. The number of hydrogen-bond acceptors (Lipinski definition) is 2. The minimum atomic E-state index is -0.534. The van der Waals surface area contributed by atoms with Crippen molar-refractivity contribution in [2.45, 2.75) is 65.0 Å². The molecule has 0 bridgehead atoms. The molecule has 1 heterocycles. The fraction of sp³-hybridized carbons (Fsp3) is 0.786. The Bertz CT molecular complexity index is 371. The molecule has 2 rings (SSSR count). The van der Waals surface area contributed by atoms with Crippen molar-refractivity contribution in [3.8, 4) is 0 Å². The summed E-state index contributed by atoms with van der Waals surface area (Å²) in [6, 6.07) is 0. The molecule has 1 aromatic rings. The summed E-state index contributed by atoms with van der Waals surface area (Å²) in [7, 11) is 0. The molecule has 1 aliphatic carbocycles. The lowest BCUT2D eigenvalue weighted by Crippen LogP contribution is -2.39. The summed E-state index contributed by atoms with van der Waals surface area (Å²) < 4.78 is 2.12. The number of aromatic nitrogens is 2. The molecule has 0 aromatic carbocycles. The Kier molecular flexibility index (Phi) is 3.30. The van der Waals surface area contributed by atoms with Crippen molar-refractivity contribution in [3.05, 3.63) is 18.2 Å². The van der Waals surface area contributed by atoms with Crippen LogP contribution in [0.4, 0.5) is 0 Å². The lowest BCUT2D eigenvalue weighted by atomic mass is 9.70. The molecule has 0 unspecified atom stereocenters. The third-order valence-electron chi connectivity index (χ3n) is 4.16. The van der Waals surface area contributed by atoms with Gasteiger partial charge >= 0.3 is 0 Å². The van der Waals surface area contributed by atoms with E-state index in [4.69, 9.17) is 0 Å². The second-order valence-corrected chi connectivity index (χ2v) is 6.19. The van der Waals surface area contributed by atoms with Gasteiger partial charge in [0.1, 0.15) is 5.82 Å². The van der Waals surface area contributed by atoms with Crippen LogP contribution in [-0.2, 0) is 13.0 Å². The fourth-order valence-corrected chi connectivity index (χ4v) is 2.66. The van der Waals surface area contributed by atoms with E-state index in [2.05, 4.69) is 30.3 Å². The molecule has 0 saturated heterocycles. The molecule has 3 heteroatoms. The van der Waals surface area contributed by atoms with Gasteiger partial charge in [-0.05, 0) is 38.0 Å². The van der Waals surface area contributed by atoms with Crippen LogP contribution in [0.5, 0.6) is 0 Å². The molecule has 3 nitrogen and oxygen atoms in total. The Labute approximate surface area is 104 Å². The van der Waals surface area contributed by atoms with E-state index >= 15 is 0 Å². The summed E-state index contributed by atoms with van der Waals surface area (Å²) in [4.78, 5) is 4.37. The molecule has 0 aliphatic heterocycles. The molecular formula is C14H24N2O. The first-order valence-electron chi connectivity index (χ1n) is 6.67. The first-order chi connectivity index (χ1) is 7.94. The minimum Gasteiger partial charge on any atom is -0.389 e. The smallest absolute Gasteiger partial charge is 0.111 e. The maximum Gasteiger partial charge on any atom is 0.111 e. The number of rotatable bonds is 3. The molecule has 1 aliphatic rings. The predicted octanol–water partition coefficient (Wildman–Crippen LogP) is 2.78. The zero-order valence-electron chi connectivity index (χ0n) is 11.2. The molecular weight excluding hydrogens is 212 g/mol. The highest BCUT2D eigenvalue weighted by Gasteiger charge is 2.37. The Morgan fingerprint density at radius 3 is 2.53 bits per heavy atom. The molecule has 1 saturated carbocycles. The van der Waals surface area contributed by atoms with E-state index in [1.807, 2.05) is 12.4 Å². The Hall–Kier alpha value is -0.830. The molecule has 96 valence electrons. The summed E-state index contributed by atoms with van der Waals surface area (Å²) in [6.45, 7) is 7.62. The van der Waals surface area contributed by atoms with Gasteiger partial charge in [0.25, 0.3) is 0 Å². The van der Waals surface area contributed by atoms with Crippen LogP contribution in [0, 0.1) is 5.41 Å². The quantitative estimate of drug-likeness (QED) is 0.876. The normalized spacial score (nSPS) is 22.6. The third kappa shape index (κ3) is 2.89. The van der Waals surface area contributed by atoms with Crippen molar-refractivity contribution in [3.63, 3.8) is 0 Å². The van der Waals surface area contributed by atoms with Crippen molar-refractivity contribution >= 4 is 0 Å². The lowest BCUT2D eigenvalue weighted by Gasteiger charge is -2.40. The van der Waals surface area contributed by atoms with E-state index in [0.29, 0.717) is 11.8 Å². The van der Waals surface area contributed by atoms with E-state index in [1.54, 1.807) is 0 Å². The number of imidazole rings is 1. The van der Waals surface area contributed by atoms with Crippen molar-refractivity contribution in [2.24, 2.45) is 5.41 Å². The SMILES string of the molecule is CCn1ccnc1CC1(O)CCC(C)(C)CC1. The maximum atomic E-state index is 10.6. The van der Waals surface area contributed by atoms with Crippen LogP contribution in [0.1, 0.15) is 52.3 Å². The van der Waals surface area contributed by atoms with Gasteiger partial charge < -0.3 is 9.67 Å². The van der Waals surface area contributed by atoms with Crippen molar-refractivity contribution in [1.82, 2.24) is 9.55 Å². The predicted molar refractivity (Wildman–Crippen MR) is 68.8 cm³/mol. The molecule has 1 aromatic heterocycles. The Balaban J connectivity index is 2.04. The largest absolute Gasteiger partial charge is 0.389 e. The van der Waals surface area contributed by atoms with E-state index < -0.39 is 5.60 Å². The van der Waals surface area contributed by atoms with E-state index in [9.17, 15) is 5.11 Å². The standard InChI is InChI=1S/C14H24N2O/c1-4-16-10-9-15-12(16)11-14(17)7-5-13(2,3)6-8-14/h9-10,17H,4-8,11H2,1-3H3. The van der Waals surface area contributed by atoms with Crippen LogP contribution in [0.3, 0.4) is 0 Å². The number of nitrogens with zero attached hydrogens (tertiary/aromatic N) is 2. The number of aryl methyl sites for hydroxylation is 1. The number of hydrogen-bond donors (Lipinski definition) is 1. The highest BCUT2D eigenvalue weighted by atomic mass is 16.3. The van der Waals surface area contributed by atoms with Gasteiger partial charge in [-0.15, -0.1) is 0 Å². The summed E-state index contributed by atoms with van der Waals surface area (Å²) in [5.74, 6) is 1.02. The topological polar surface area (TPSA) is 38.0 Å². The van der Waals surface area contributed by atoms with E-state index in [0.717, 1.165) is 38.1 Å². The lowest BCUT2D eigenvalue weighted by molar-refractivity contribution is -0.0270. The molecule has 0 spiro atoms. The molecule has 0 amide bonds. The molecule has 0 atom stereocenters.